The van der Waals surface area contributed by atoms with E-state index in [0.29, 0.717) is 11.3 Å². The third kappa shape index (κ3) is 3.78. The number of hydrogen-bond acceptors (Lipinski definition) is 3. The standard InChI is InChI=1S/C16H13ClINO3/c1-22-16(21)12-8-5-9-13(10-12)19(17)15(20)14(18)11-6-3-2-4-7-11/h2-10,14H,1H3. The molecule has 2 rings (SSSR count). The number of hydrogen-bond donors (Lipinski definition) is 0. The van der Waals surface area contributed by atoms with Crippen molar-refractivity contribution in [1.82, 2.24) is 0 Å². The van der Waals surface area contributed by atoms with Crippen LogP contribution in [-0.4, -0.2) is 19.0 Å². The van der Waals surface area contributed by atoms with Crippen molar-refractivity contribution in [3.05, 3.63) is 65.7 Å². The predicted octanol–water partition coefficient (Wildman–Crippen LogP) is 4.14. The number of methoxy groups -OCH3 is 1. The number of esters is 1. The van der Waals surface area contributed by atoms with Crippen molar-refractivity contribution in [2.24, 2.45) is 0 Å². The van der Waals surface area contributed by atoms with Gasteiger partial charge in [-0.05, 0) is 23.8 Å². The Hall–Kier alpha value is -1.60. The monoisotopic (exact) mass is 429 g/mol. The van der Waals surface area contributed by atoms with Gasteiger partial charge in [0.25, 0.3) is 5.91 Å². The molecule has 114 valence electrons. The van der Waals surface area contributed by atoms with Crippen molar-refractivity contribution >= 4 is 51.9 Å². The van der Waals surface area contributed by atoms with Gasteiger partial charge in [-0.25, -0.2) is 9.21 Å². The van der Waals surface area contributed by atoms with Crippen molar-refractivity contribution in [3.63, 3.8) is 0 Å². The predicted molar refractivity (Wildman–Crippen MR) is 94.3 cm³/mol. The molecule has 0 spiro atoms. The topological polar surface area (TPSA) is 46.6 Å². The number of carbonyl (C=O) groups is 2. The van der Waals surface area contributed by atoms with Gasteiger partial charge in [0.15, 0.2) is 0 Å². The van der Waals surface area contributed by atoms with Crippen LogP contribution < -0.4 is 4.42 Å². The van der Waals surface area contributed by atoms with Gasteiger partial charge >= 0.3 is 5.97 Å². The van der Waals surface area contributed by atoms with E-state index >= 15 is 0 Å². The van der Waals surface area contributed by atoms with Crippen LogP contribution in [0.3, 0.4) is 0 Å². The molecule has 0 saturated carbocycles. The molecule has 1 atom stereocenters. The highest BCUT2D eigenvalue weighted by Gasteiger charge is 2.24. The Morgan fingerprint density at radius 2 is 1.82 bits per heavy atom. The van der Waals surface area contributed by atoms with Crippen molar-refractivity contribution in [2.45, 2.75) is 3.92 Å². The van der Waals surface area contributed by atoms with E-state index in [1.807, 2.05) is 52.9 Å². The fourth-order valence-electron chi connectivity index (χ4n) is 1.86. The number of nitrogens with zero attached hydrogens (tertiary/aromatic N) is 1. The quantitative estimate of drug-likeness (QED) is 0.318. The number of benzene rings is 2. The second-order valence-corrected chi connectivity index (χ2v) is 6.02. The van der Waals surface area contributed by atoms with Crippen LogP contribution in [0, 0.1) is 0 Å². The Labute approximate surface area is 147 Å². The maximum Gasteiger partial charge on any atom is 0.337 e. The third-order valence-corrected chi connectivity index (χ3v) is 4.61. The average Bonchev–Trinajstić information content (AvgIpc) is 2.59. The Kier molecular flexibility index (Phi) is 5.79. The second kappa shape index (κ2) is 7.60. The molecular weight excluding hydrogens is 417 g/mol. The van der Waals surface area contributed by atoms with Crippen LogP contribution in [0.1, 0.15) is 19.8 Å². The molecule has 6 heteroatoms. The zero-order chi connectivity index (χ0) is 16.1. The molecule has 0 heterocycles. The summed E-state index contributed by atoms with van der Waals surface area (Å²) in [7, 11) is 1.30. The van der Waals surface area contributed by atoms with Gasteiger partial charge in [0.2, 0.25) is 0 Å². The van der Waals surface area contributed by atoms with E-state index < -0.39 is 9.89 Å². The lowest BCUT2D eigenvalue weighted by Crippen LogP contribution is -2.24. The number of halogens is 2. The minimum Gasteiger partial charge on any atom is -0.465 e. The van der Waals surface area contributed by atoms with Crippen LogP contribution in [0.4, 0.5) is 5.69 Å². The smallest absolute Gasteiger partial charge is 0.337 e. The lowest BCUT2D eigenvalue weighted by molar-refractivity contribution is -0.116. The molecule has 0 radical (unpaired) electrons. The summed E-state index contributed by atoms with van der Waals surface area (Å²) in [5.74, 6) is -0.760. The van der Waals surface area contributed by atoms with Gasteiger partial charge in [0.1, 0.15) is 3.92 Å². The van der Waals surface area contributed by atoms with Crippen molar-refractivity contribution in [2.75, 3.05) is 11.5 Å². The molecule has 0 bridgehead atoms. The fourth-order valence-corrected chi connectivity index (χ4v) is 2.93. The van der Waals surface area contributed by atoms with Crippen LogP contribution in [0.2, 0.25) is 0 Å². The molecular formula is C16H13ClINO3. The molecule has 0 N–H and O–H groups in total. The molecule has 1 amide bonds. The first-order chi connectivity index (χ1) is 10.5. The molecule has 0 aliphatic heterocycles. The van der Waals surface area contributed by atoms with E-state index in [-0.39, 0.29) is 5.91 Å². The van der Waals surface area contributed by atoms with Gasteiger partial charge in [0.05, 0.1) is 18.4 Å². The first-order valence-electron chi connectivity index (χ1n) is 6.41. The summed E-state index contributed by atoms with van der Waals surface area (Å²) >= 11 is 8.19. The molecule has 0 aliphatic rings. The van der Waals surface area contributed by atoms with Crippen molar-refractivity contribution in [1.29, 1.82) is 0 Å². The van der Waals surface area contributed by atoms with Crippen LogP contribution in [-0.2, 0) is 9.53 Å². The van der Waals surface area contributed by atoms with Crippen LogP contribution in [0.15, 0.2) is 54.6 Å². The van der Waals surface area contributed by atoms with Gasteiger partial charge in [-0.3, -0.25) is 4.79 Å². The number of anilines is 1. The molecule has 0 saturated heterocycles. The lowest BCUT2D eigenvalue weighted by Gasteiger charge is -2.18. The molecule has 4 nitrogen and oxygen atoms in total. The molecule has 2 aromatic carbocycles. The summed E-state index contributed by atoms with van der Waals surface area (Å²) in [6.07, 6.45) is 0. The molecule has 0 aromatic heterocycles. The van der Waals surface area contributed by atoms with Gasteiger partial charge < -0.3 is 4.74 Å². The minimum atomic E-state index is -0.478. The van der Waals surface area contributed by atoms with E-state index in [4.69, 9.17) is 11.8 Å². The maximum atomic E-state index is 12.5. The van der Waals surface area contributed by atoms with Gasteiger partial charge in [-0.1, -0.05) is 59.0 Å². The molecule has 0 aliphatic carbocycles. The summed E-state index contributed by atoms with van der Waals surface area (Å²) in [6.45, 7) is 0. The van der Waals surface area contributed by atoms with E-state index in [0.717, 1.165) is 9.98 Å². The molecule has 0 fully saturated rings. The number of alkyl halides is 1. The highest BCUT2D eigenvalue weighted by molar-refractivity contribution is 14.1. The summed E-state index contributed by atoms with van der Waals surface area (Å²) in [4.78, 5) is 24.0. The Morgan fingerprint density at radius 3 is 2.45 bits per heavy atom. The average molecular weight is 430 g/mol. The van der Waals surface area contributed by atoms with E-state index in [9.17, 15) is 9.59 Å². The normalized spacial score (nSPS) is 11.6. The largest absolute Gasteiger partial charge is 0.465 e. The van der Waals surface area contributed by atoms with Crippen molar-refractivity contribution < 1.29 is 14.3 Å². The number of carbonyl (C=O) groups excluding carboxylic acids is 2. The SMILES string of the molecule is COC(=O)c1cccc(N(Cl)C(=O)C(I)c2ccccc2)c1. The first-order valence-corrected chi connectivity index (χ1v) is 8.00. The summed E-state index contributed by atoms with van der Waals surface area (Å²) in [5.41, 5.74) is 1.62. The minimum absolute atomic E-state index is 0.282. The Morgan fingerprint density at radius 1 is 1.14 bits per heavy atom. The molecule has 22 heavy (non-hydrogen) atoms. The van der Waals surface area contributed by atoms with Crippen LogP contribution in [0.5, 0.6) is 0 Å². The Bertz CT molecular complexity index is 678. The first kappa shape index (κ1) is 16.8. The molecule has 1 unspecified atom stereocenters. The maximum absolute atomic E-state index is 12.5. The third-order valence-electron chi connectivity index (χ3n) is 3.00. The number of ether oxygens (including phenoxy) is 1. The van der Waals surface area contributed by atoms with Gasteiger partial charge in [-0.2, -0.15) is 0 Å². The highest BCUT2D eigenvalue weighted by atomic mass is 127. The summed E-state index contributed by atoms with van der Waals surface area (Å²) in [5, 5.41) is 0. The second-order valence-electron chi connectivity index (χ2n) is 4.43. The van der Waals surface area contributed by atoms with E-state index in [1.54, 1.807) is 18.2 Å². The van der Waals surface area contributed by atoms with Gasteiger partial charge in [-0.15, -0.1) is 0 Å². The number of amides is 1. The fraction of sp³-hybridized carbons (Fsp3) is 0.125. The van der Waals surface area contributed by atoms with E-state index in [1.165, 1.54) is 13.2 Å². The molecule has 2 aromatic rings. The number of rotatable bonds is 4. The lowest BCUT2D eigenvalue weighted by atomic mass is 10.1. The van der Waals surface area contributed by atoms with Crippen molar-refractivity contribution in [3.8, 4) is 0 Å². The Balaban J connectivity index is 2.22. The summed E-state index contributed by atoms with van der Waals surface area (Å²) in [6, 6.07) is 15.8. The van der Waals surface area contributed by atoms with Crippen LogP contribution >= 0.6 is 34.4 Å². The zero-order valence-electron chi connectivity index (χ0n) is 11.7. The van der Waals surface area contributed by atoms with E-state index in [2.05, 4.69) is 4.74 Å². The summed E-state index contributed by atoms with van der Waals surface area (Å²) < 4.78 is 5.27. The zero-order valence-corrected chi connectivity index (χ0v) is 14.6. The highest BCUT2D eigenvalue weighted by Crippen LogP contribution is 2.29. The van der Waals surface area contributed by atoms with Crippen LogP contribution in [0.25, 0.3) is 0 Å². The van der Waals surface area contributed by atoms with Gasteiger partial charge in [0, 0.05) is 11.8 Å².